The minimum absolute atomic E-state index is 0.0972. The van der Waals surface area contributed by atoms with Crippen LogP contribution in [0.3, 0.4) is 0 Å². The number of unbranched alkanes of at least 4 members (excludes halogenated alkanes) is 2. The van der Waals surface area contributed by atoms with Gasteiger partial charge in [-0.05, 0) is 59.7 Å². The second-order valence-corrected chi connectivity index (χ2v) is 12.2. The molecule has 0 saturated carbocycles. The van der Waals surface area contributed by atoms with Crippen LogP contribution in [-0.2, 0) is 24.1 Å². The normalized spacial score (nSPS) is 26.3. The molecule has 1 N–H and O–H groups in total. The number of nitrogens with one attached hydrogen (secondary N) is 1. The number of rotatable bonds is 7. The number of hydrogen-bond acceptors (Lipinski definition) is 3. The molecule has 3 aliphatic carbocycles. The third-order valence-corrected chi connectivity index (χ3v) is 10.2. The van der Waals surface area contributed by atoms with Crippen molar-refractivity contribution >= 4 is 58.2 Å². The number of carbonyl (C=O) groups is 3. The summed E-state index contributed by atoms with van der Waals surface area (Å²) in [6, 6.07) is 20.6. The number of carbonyl (C=O) groups excluding carboxylic acids is 3. The minimum atomic E-state index is -1.16. The van der Waals surface area contributed by atoms with Crippen molar-refractivity contribution in [2.45, 2.75) is 42.4 Å². The summed E-state index contributed by atoms with van der Waals surface area (Å²) in [5.74, 6) is -2.20. The van der Waals surface area contributed by atoms with E-state index in [1.54, 1.807) is 12.1 Å². The molecule has 200 valence electrons. The van der Waals surface area contributed by atoms with Crippen LogP contribution >= 0.6 is 34.8 Å². The third-order valence-electron chi connectivity index (χ3n) is 8.50. The summed E-state index contributed by atoms with van der Waals surface area (Å²) in [6.45, 7) is 2.13. The van der Waals surface area contributed by atoms with Crippen molar-refractivity contribution in [3.05, 3.63) is 99.6 Å². The molecule has 8 heteroatoms. The molecule has 3 aromatic rings. The Morgan fingerprint density at radius 3 is 1.82 bits per heavy atom. The van der Waals surface area contributed by atoms with Crippen molar-refractivity contribution in [1.29, 1.82) is 0 Å². The molecule has 7 rings (SSSR count). The Hall–Kier alpha value is -2.86. The van der Waals surface area contributed by atoms with E-state index in [9.17, 15) is 14.4 Å². The molecule has 4 aliphatic rings. The molecule has 2 atom stereocenters. The minimum Gasteiger partial charge on any atom is -0.326 e. The van der Waals surface area contributed by atoms with Crippen LogP contribution in [0, 0.1) is 18.8 Å². The SMILES string of the molecule is Cc1c(Cl)cccc1NC(=O)CCCCCN1C(=O)[C@H]2[C@H](C1=O)C1(Cl)c3ccccc3C2(Cl)c2ccccc21. The van der Waals surface area contributed by atoms with Gasteiger partial charge in [0, 0.05) is 23.7 Å². The molecule has 1 saturated heterocycles. The van der Waals surface area contributed by atoms with Crippen LogP contribution in [-0.4, -0.2) is 29.2 Å². The van der Waals surface area contributed by atoms with Crippen LogP contribution < -0.4 is 5.32 Å². The summed E-state index contributed by atoms with van der Waals surface area (Å²) in [4.78, 5) is 39.1. The van der Waals surface area contributed by atoms with E-state index < -0.39 is 21.6 Å². The first-order valence-corrected chi connectivity index (χ1v) is 14.3. The van der Waals surface area contributed by atoms with Gasteiger partial charge in [-0.2, -0.15) is 0 Å². The Balaban J connectivity index is 1.16. The fourth-order valence-electron chi connectivity index (χ4n) is 6.63. The van der Waals surface area contributed by atoms with Gasteiger partial charge in [0.15, 0.2) is 0 Å². The molecule has 3 amide bonds. The zero-order valence-corrected chi connectivity index (χ0v) is 23.6. The van der Waals surface area contributed by atoms with Gasteiger partial charge in [-0.1, -0.05) is 72.6 Å². The maximum absolute atomic E-state index is 13.8. The molecular formula is C31H27Cl3N2O3. The van der Waals surface area contributed by atoms with E-state index in [4.69, 9.17) is 34.8 Å². The lowest BCUT2D eigenvalue weighted by atomic mass is 9.54. The topological polar surface area (TPSA) is 66.5 Å². The zero-order chi connectivity index (χ0) is 27.5. The number of likely N-dealkylation sites (tertiary alicyclic amines) is 1. The monoisotopic (exact) mass is 580 g/mol. The van der Waals surface area contributed by atoms with Gasteiger partial charge in [0.2, 0.25) is 17.7 Å². The van der Waals surface area contributed by atoms with Gasteiger partial charge in [0.1, 0.15) is 9.75 Å². The summed E-state index contributed by atoms with van der Waals surface area (Å²) >= 11 is 21.0. The first kappa shape index (κ1) is 26.4. The van der Waals surface area contributed by atoms with Crippen LogP contribution in [0.4, 0.5) is 5.69 Å². The van der Waals surface area contributed by atoms with Crippen LogP contribution in [0.5, 0.6) is 0 Å². The van der Waals surface area contributed by atoms with Gasteiger partial charge in [-0.15, -0.1) is 23.2 Å². The Bertz CT molecular complexity index is 1400. The van der Waals surface area contributed by atoms with Gasteiger partial charge >= 0.3 is 0 Å². The summed E-state index contributed by atoms with van der Waals surface area (Å²) < 4.78 is 0. The largest absolute Gasteiger partial charge is 0.326 e. The predicted molar refractivity (Wildman–Crippen MR) is 153 cm³/mol. The molecule has 0 aromatic heterocycles. The van der Waals surface area contributed by atoms with Crippen molar-refractivity contribution < 1.29 is 14.4 Å². The summed E-state index contributed by atoms with van der Waals surface area (Å²) in [5, 5.41) is 3.50. The number of benzene rings is 3. The molecule has 0 spiro atoms. The first-order valence-electron chi connectivity index (χ1n) is 13.2. The second-order valence-electron chi connectivity index (χ2n) is 10.6. The molecule has 3 aromatic carbocycles. The fraction of sp³-hybridized carbons (Fsp3) is 0.323. The average molecular weight is 582 g/mol. The number of anilines is 1. The summed E-state index contributed by atoms with van der Waals surface area (Å²) in [6.07, 6.45) is 2.24. The fourth-order valence-corrected chi connectivity index (χ4v) is 7.91. The van der Waals surface area contributed by atoms with Crippen LogP contribution in [0.15, 0.2) is 66.7 Å². The zero-order valence-electron chi connectivity index (χ0n) is 21.3. The highest BCUT2D eigenvalue weighted by Crippen LogP contribution is 2.69. The molecule has 5 nitrogen and oxygen atoms in total. The molecular weight excluding hydrogens is 555 g/mol. The van der Waals surface area contributed by atoms with Crippen LogP contribution in [0.2, 0.25) is 5.02 Å². The quantitative estimate of drug-likeness (QED) is 0.191. The predicted octanol–water partition coefficient (Wildman–Crippen LogP) is 6.74. The van der Waals surface area contributed by atoms with E-state index in [0.29, 0.717) is 36.4 Å². The summed E-state index contributed by atoms with van der Waals surface area (Å²) in [7, 11) is 0. The van der Waals surface area contributed by atoms with Crippen molar-refractivity contribution in [2.75, 3.05) is 11.9 Å². The highest BCUT2D eigenvalue weighted by Gasteiger charge is 2.72. The Kier molecular flexibility index (Phi) is 6.53. The van der Waals surface area contributed by atoms with E-state index in [-0.39, 0.29) is 24.3 Å². The van der Waals surface area contributed by atoms with Crippen molar-refractivity contribution in [1.82, 2.24) is 4.90 Å². The van der Waals surface area contributed by atoms with Crippen LogP contribution in [0.1, 0.15) is 53.5 Å². The molecule has 1 fully saturated rings. The van der Waals surface area contributed by atoms with Gasteiger partial charge < -0.3 is 5.32 Å². The number of nitrogens with zero attached hydrogens (tertiary/aromatic N) is 1. The smallest absolute Gasteiger partial charge is 0.235 e. The Morgan fingerprint density at radius 2 is 1.31 bits per heavy atom. The molecule has 1 aliphatic heterocycles. The summed E-state index contributed by atoms with van der Waals surface area (Å²) in [5.41, 5.74) is 4.71. The van der Waals surface area contributed by atoms with E-state index in [2.05, 4.69) is 5.32 Å². The van der Waals surface area contributed by atoms with Gasteiger partial charge in [0.25, 0.3) is 0 Å². The van der Waals surface area contributed by atoms with Crippen molar-refractivity contribution in [3.8, 4) is 0 Å². The van der Waals surface area contributed by atoms with E-state index in [1.165, 1.54) is 4.90 Å². The van der Waals surface area contributed by atoms with Gasteiger partial charge in [-0.3, -0.25) is 19.3 Å². The van der Waals surface area contributed by atoms with Crippen LogP contribution in [0.25, 0.3) is 0 Å². The van der Waals surface area contributed by atoms with Gasteiger partial charge in [-0.25, -0.2) is 0 Å². The number of halogens is 3. The lowest BCUT2D eigenvalue weighted by Crippen LogP contribution is -2.57. The van der Waals surface area contributed by atoms with E-state index in [1.807, 2.05) is 61.5 Å². The standard InChI is InChI=1S/C31H27Cl3N2O3/c1-18-23(32)14-9-15-24(18)35-25(37)16-3-2-8-17-36-28(38)26-27(29(36)39)31(34)20-11-5-4-10-19(20)30(26,33)21-12-6-7-13-22(21)31/h4-7,9-15,26-27H,2-3,8,16-17H2,1H3,(H,35,37)/t26-,27-,30?,31?/m1/s1. The van der Waals surface area contributed by atoms with Crippen molar-refractivity contribution in [2.24, 2.45) is 11.8 Å². The third kappa shape index (κ3) is 3.77. The lowest BCUT2D eigenvalue weighted by molar-refractivity contribution is -0.140. The maximum atomic E-state index is 13.8. The molecule has 39 heavy (non-hydrogen) atoms. The number of hydrogen-bond donors (Lipinski definition) is 1. The van der Waals surface area contributed by atoms with Crippen molar-refractivity contribution in [3.63, 3.8) is 0 Å². The Morgan fingerprint density at radius 1 is 0.795 bits per heavy atom. The van der Waals surface area contributed by atoms with Gasteiger partial charge in [0.05, 0.1) is 11.8 Å². The number of alkyl halides is 2. The number of amides is 3. The number of imide groups is 1. The highest BCUT2D eigenvalue weighted by molar-refractivity contribution is 6.36. The second kappa shape index (κ2) is 9.65. The molecule has 0 unspecified atom stereocenters. The van der Waals surface area contributed by atoms with E-state index in [0.717, 1.165) is 27.8 Å². The highest BCUT2D eigenvalue weighted by atomic mass is 35.5. The van der Waals surface area contributed by atoms with E-state index >= 15 is 0 Å². The lowest BCUT2D eigenvalue weighted by Gasteiger charge is -2.54. The molecule has 0 radical (unpaired) electrons. The first-order chi connectivity index (χ1) is 18.7. The molecule has 2 bridgehead atoms. The molecule has 1 heterocycles. The maximum Gasteiger partial charge on any atom is 0.235 e. The average Bonchev–Trinajstić information content (AvgIpc) is 3.20. The Labute approximate surface area is 242 Å².